The number of anilines is 1. The van der Waals surface area contributed by atoms with Crippen LogP contribution in [0.4, 0.5) is 9.93 Å². The second kappa shape index (κ2) is 8.11. The summed E-state index contributed by atoms with van der Waals surface area (Å²) >= 11 is 1.42. The molecule has 6 nitrogen and oxygen atoms in total. The van der Waals surface area contributed by atoms with Crippen LogP contribution in [0.2, 0.25) is 0 Å². The first-order chi connectivity index (χ1) is 12.1. The van der Waals surface area contributed by atoms with Crippen LogP contribution < -0.4 is 10.6 Å². The monoisotopic (exact) mass is 359 g/mol. The fraction of sp³-hybridized carbons (Fsp3) is 0.389. The Morgan fingerprint density at radius 3 is 2.72 bits per heavy atom. The predicted octanol–water partition coefficient (Wildman–Crippen LogP) is 3.62. The van der Waals surface area contributed by atoms with E-state index in [2.05, 4.69) is 15.6 Å². The van der Waals surface area contributed by atoms with Crippen molar-refractivity contribution in [3.8, 4) is 0 Å². The maximum Gasteiger partial charge on any atom is 0.321 e. The summed E-state index contributed by atoms with van der Waals surface area (Å²) in [5.74, 6) is -0.314. The standard InChI is InChI=1S/C18H21N3O3S/c22-16(23)9-8-14(10-12-4-2-1-3-5-12)19-17(24)21-18-20-15(11-25-18)13-6-7-13/h1-5,11,13-14H,6-10H2,(H,22,23)(H2,19,20,21,24). The van der Waals surface area contributed by atoms with Crippen LogP contribution in [0.25, 0.3) is 0 Å². The molecule has 1 aliphatic rings. The second-order valence-electron chi connectivity index (χ2n) is 6.27. The molecule has 1 saturated carbocycles. The lowest BCUT2D eigenvalue weighted by atomic mass is 10.0. The number of thiazole rings is 1. The van der Waals surface area contributed by atoms with Crippen LogP contribution in [0.3, 0.4) is 0 Å². The third kappa shape index (κ3) is 5.56. The van der Waals surface area contributed by atoms with Crippen molar-refractivity contribution in [3.63, 3.8) is 0 Å². The van der Waals surface area contributed by atoms with Gasteiger partial charge in [-0.25, -0.2) is 9.78 Å². The van der Waals surface area contributed by atoms with Crippen molar-refractivity contribution in [2.24, 2.45) is 0 Å². The summed E-state index contributed by atoms with van der Waals surface area (Å²) in [5.41, 5.74) is 2.11. The molecule has 132 valence electrons. The molecule has 1 aromatic heterocycles. The Hall–Kier alpha value is -2.41. The number of carboxylic acids is 1. The molecule has 25 heavy (non-hydrogen) atoms. The van der Waals surface area contributed by atoms with E-state index in [1.165, 1.54) is 24.2 Å². The number of carboxylic acid groups (broad SMARTS) is 1. The zero-order chi connectivity index (χ0) is 17.6. The molecule has 0 radical (unpaired) electrons. The molecule has 7 heteroatoms. The average molecular weight is 359 g/mol. The first kappa shape index (κ1) is 17.4. The van der Waals surface area contributed by atoms with Gasteiger partial charge in [-0.1, -0.05) is 30.3 Å². The van der Waals surface area contributed by atoms with Crippen LogP contribution in [0.5, 0.6) is 0 Å². The van der Waals surface area contributed by atoms with Gasteiger partial charge in [0, 0.05) is 23.8 Å². The van der Waals surface area contributed by atoms with E-state index < -0.39 is 5.97 Å². The molecular formula is C18H21N3O3S. The third-order valence-corrected chi connectivity index (χ3v) is 4.88. The lowest BCUT2D eigenvalue weighted by molar-refractivity contribution is -0.137. The number of hydrogen-bond donors (Lipinski definition) is 3. The maximum atomic E-state index is 12.2. The lowest BCUT2D eigenvalue weighted by Crippen LogP contribution is -2.39. The Bertz CT molecular complexity index is 728. The van der Waals surface area contributed by atoms with E-state index in [-0.39, 0.29) is 18.5 Å². The van der Waals surface area contributed by atoms with Crippen molar-refractivity contribution >= 4 is 28.5 Å². The highest BCUT2D eigenvalue weighted by atomic mass is 32.1. The molecule has 0 aliphatic heterocycles. The number of carbonyl (C=O) groups excluding carboxylic acids is 1. The quantitative estimate of drug-likeness (QED) is 0.671. The van der Waals surface area contributed by atoms with Gasteiger partial charge >= 0.3 is 12.0 Å². The van der Waals surface area contributed by atoms with Crippen LogP contribution >= 0.6 is 11.3 Å². The molecule has 1 fully saturated rings. The van der Waals surface area contributed by atoms with E-state index in [1.54, 1.807) is 0 Å². The minimum absolute atomic E-state index is 0.0147. The number of nitrogens with zero attached hydrogens (tertiary/aromatic N) is 1. The number of hydrogen-bond acceptors (Lipinski definition) is 4. The summed E-state index contributed by atoms with van der Waals surface area (Å²) in [6.45, 7) is 0. The summed E-state index contributed by atoms with van der Waals surface area (Å²) in [6, 6.07) is 9.13. The largest absolute Gasteiger partial charge is 0.481 e. The maximum absolute atomic E-state index is 12.2. The van der Waals surface area contributed by atoms with Gasteiger partial charge in [0.2, 0.25) is 0 Å². The average Bonchev–Trinajstić information content (AvgIpc) is 3.34. The highest BCUT2D eigenvalue weighted by molar-refractivity contribution is 7.13. The van der Waals surface area contributed by atoms with Crippen molar-refractivity contribution in [3.05, 3.63) is 47.0 Å². The Labute approximate surface area is 150 Å². The van der Waals surface area contributed by atoms with Crippen LogP contribution in [0.15, 0.2) is 35.7 Å². The normalized spacial score (nSPS) is 14.7. The van der Waals surface area contributed by atoms with Crippen LogP contribution in [-0.2, 0) is 11.2 Å². The molecule has 0 bridgehead atoms. The number of aliphatic carboxylic acids is 1. The SMILES string of the molecule is O=C(O)CCC(Cc1ccccc1)NC(=O)Nc1nc(C2CC2)cs1. The zero-order valence-electron chi connectivity index (χ0n) is 13.8. The zero-order valence-corrected chi connectivity index (χ0v) is 14.6. The second-order valence-corrected chi connectivity index (χ2v) is 7.13. The molecule has 2 amide bonds. The van der Waals surface area contributed by atoms with Crippen LogP contribution in [0, 0.1) is 0 Å². The molecule has 2 aromatic rings. The minimum Gasteiger partial charge on any atom is -0.481 e. The van der Waals surface area contributed by atoms with Gasteiger partial charge < -0.3 is 10.4 Å². The van der Waals surface area contributed by atoms with E-state index >= 15 is 0 Å². The van der Waals surface area contributed by atoms with Crippen LogP contribution in [0.1, 0.15) is 42.9 Å². The van der Waals surface area contributed by atoms with Gasteiger partial charge in [0.05, 0.1) is 5.69 Å². The summed E-state index contributed by atoms with van der Waals surface area (Å²) in [4.78, 5) is 27.5. The molecule has 1 unspecified atom stereocenters. The van der Waals surface area contributed by atoms with Crippen molar-refractivity contribution in [2.45, 2.75) is 44.1 Å². The number of nitrogens with one attached hydrogen (secondary N) is 2. The smallest absolute Gasteiger partial charge is 0.321 e. The number of rotatable bonds is 8. The minimum atomic E-state index is -0.866. The van der Waals surface area contributed by atoms with E-state index in [0.29, 0.717) is 23.9 Å². The van der Waals surface area contributed by atoms with Gasteiger partial charge in [-0.3, -0.25) is 10.1 Å². The van der Waals surface area contributed by atoms with Gasteiger partial charge in [0.25, 0.3) is 0 Å². The number of benzene rings is 1. The molecule has 0 saturated heterocycles. The lowest BCUT2D eigenvalue weighted by Gasteiger charge is -2.18. The highest BCUT2D eigenvalue weighted by Gasteiger charge is 2.26. The van der Waals surface area contributed by atoms with Crippen molar-refractivity contribution in [2.75, 3.05) is 5.32 Å². The van der Waals surface area contributed by atoms with Crippen LogP contribution in [-0.4, -0.2) is 28.1 Å². The predicted molar refractivity (Wildman–Crippen MR) is 97.0 cm³/mol. The molecule has 1 aromatic carbocycles. The number of aromatic nitrogens is 1. The third-order valence-electron chi connectivity index (χ3n) is 4.10. The van der Waals surface area contributed by atoms with E-state index in [4.69, 9.17) is 5.11 Å². The van der Waals surface area contributed by atoms with Gasteiger partial charge in [-0.05, 0) is 31.2 Å². The fourth-order valence-electron chi connectivity index (χ4n) is 2.65. The first-order valence-corrected chi connectivity index (χ1v) is 9.27. The molecule has 1 aliphatic carbocycles. The van der Waals surface area contributed by atoms with Gasteiger partial charge in [-0.2, -0.15) is 0 Å². The topological polar surface area (TPSA) is 91.3 Å². The van der Waals surface area contributed by atoms with E-state index in [1.807, 2.05) is 35.7 Å². The van der Waals surface area contributed by atoms with Gasteiger partial charge in [0.15, 0.2) is 5.13 Å². The number of urea groups is 1. The summed E-state index contributed by atoms with van der Waals surface area (Å²) in [5, 5.41) is 17.1. The highest BCUT2D eigenvalue weighted by Crippen LogP contribution is 2.40. The van der Waals surface area contributed by atoms with Gasteiger partial charge in [-0.15, -0.1) is 11.3 Å². The van der Waals surface area contributed by atoms with E-state index in [0.717, 1.165) is 11.3 Å². The molecule has 3 N–H and O–H groups in total. The molecular weight excluding hydrogens is 338 g/mol. The van der Waals surface area contributed by atoms with Crippen molar-refractivity contribution < 1.29 is 14.7 Å². The van der Waals surface area contributed by atoms with Gasteiger partial charge in [0.1, 0.15) is 0 Å². The number of amides is 2. The Morgan fingerprint density at radius 2 is 2.04 bits per heavy atom. The summed E-state index contributed by atoms with van der Waals surface area (Å²) < 4.78 is 0. The molecule has 1 heterocycles. The van der Waals surface area contributed by atoms with Crippen molar-refractivity contribution in [1.29, 1.82) is 0 Å². The first-order valence-electron chi connectivity index (χ1n) is 8.39. The summed E-state index contributed by atoms with van der Waals surface area (Å²) in [6.07, 6.45) is 3.32. The molecule has 1 atom stereocenters. The Morgan fingerprint density at radius 1 is 1.28 bits per heavy atom. The fourth-order valence-corrected chi connectivity index (χ4v) is 3.44. The molecule has 0 spiro atoms. The molecule has 3 rings (SSSR count). The summed E-state index contributed by atoms with van der Waals surface area (Å²) in [7, 11) is 0. The van der Waals surface area contributed by atoms with E-state index in [9.17, 15) is 9.59 Å². The van der Waals surface area contributed by atoms with Crippen molar-refractivity contribution in [1.82, 2.24) is 10.3 Å². The Balaban J connectivity index is 1.57. The number of carbonyl (C=O) groups is 2. The Kier molecular flexibility index (Phi) is 5.65.